The highest BCUT2D eigenvalue weighted by molar-refractivity contribution is 5.79. The molecule has 2 unspecified atom stereocenters. The average Bonchev–Trinajstić information content (AvgIpc) is 2.32. The van der Waals surface area contributed by atoms with Gasteiger partial charge in [0.25, 0.3) is 0 Å². The van der Waals surface area contributed by atoms with Gasteiger partial charge < -0.3 is 10.1 Å². The van der Waals surface area contributed by atoms with Gasteiger partial charge in [-0.25, -0.2) is 0 Å². The van der Waals surface area contributed by atoms with Crippen LogP contribution in [-0.4, -0.2) is 12.0 Å². The second kappa shape index (κ2) is 5.04. The van der Waals surface area contributed by atoms with Crippen molar-refractivity contribution in [1.82, 2.24) is 0 Å². The van der Waals surface area contributed by atoms with Crippen LogP contribution in [0.5, 0.6) is 0 Å². The average molecular weight is 231 g/mol. The first kappa shape index (κ1) is 11.7. The lowest BCUT2D eigenvalue weighted by Gasteiger charge is -2.29. The van der Waals surface area contributed by atoms with Gasteiger partial charge in [-0.2, -0.15) is 0 Å². The fourth-order valence-corrected chi connectivity index (χ4v) is 1.96. The van der Waals surface area contributed by atoms with E-state index in [-0.39, 0.29) is 17.9 Å². The number of hydrogen-bond acceptors (Lipinski definition) is 3. The molecular formula is C14H17NO2. The molecule has 0 amide bonds. The number of carbonyl (C=O) groups is 1. The van der Waals surface area contributed by atoms with Gasteiger partial charge in [0.15, 0.2) is 6.23 Å². The van der Waals surface area contributed by atoms with Gasteiger partial charge >= 0.3 is 0 Å². The molecule has 1 heterocycles. The second-order valence-corrected chi connectivity index (χ2v) is 4.34. The fourth-order valence-electron chi connectivity index (χ4n) is 1.96. The Morgan fingerprint density at radius 2 is 2.18 bits per heavy atom. The molecule has 1 aromatic carbocycles. The number of nitrogens with one attached hydrogen (secondary N) is 1. The molecule has 90 valence electrons. The molecule has 1 aliphatic heterocycles. The minimum atomic E-state index is -0.265. The van der Waals surface area contributed by atoms with E-state index >= 15 is 0 Å². The van der Waals surface area contributed by atoms with E-state index in [0.717, 1.165) is 17.7 Å². The zero-order valence-corrected chi connectivity index (χ0v) is 10.1. The zero-order chi connectivity index (χ0) is 12.3. The lowest BCUT2D eigenvalue weighted by molar-refractivity contribution is -0.124. The van der Waals surface area contributed by atoms with Crippen molar-refractivity contribution in [2.75, 3.05) is 5.32 Å². The molecule has 1 aromatic rings. The van der Waals surface area contributed by atoms with Crippen molar-refractivity contribution < 1.29 is 9.53 Å². The molecular weight excluding hydrogens is 214 g/mol. The summed E-state index contributed by atoms with van der Waals surface area (Å²) in [6.07, 6.45) is 4.02. The van der Waals surface area contributed by atoms with Crippen LogP contribution in [0.15, 0.2) is 36.6 Å². The fraction of sp³-hybridized carbons (Fsp3) is 0.357. The van der Waals surface area contributed by atoms with Gasteiger partial charge in [0, 0.05) is 5.69 Å². The SMILES string of the molecule is CC(=O)C1CC=COC1Nc1ccccc1C. The van der Waals surface area contributed by atoms with Crippen LogP contribution < -0.4 is 5.32 Å². The standard InChI is InChI=1S/C14H17NO2/c1-10-6-3-4-8-13(10)15-14-12(11(2)16)7-5-9-17-14/h3-6,8-9,12,14-15H,7H2,1-2H3. The molecule has 3 nitrogen and oxygen atoms in total. The summed E-state index contributed by atoms with van der Waals surface area (Å²) in [4.78, 5) is 11.5. The quantitative estimate of drug-likeness (QED) is 0.869. The maximum atomic E-state index is 11.5. The number of rotatable bonds is 3. The van der Waals surface area contributed by atoms with Crippen LogP contribution in [0.25, 0.3) is 0 Å². The second-order valence-electron chi connectivity index (χ2n) is 4.34. The highest BCUT2D eigenvalue weighted by Gasteiger charge is 2.28. The lowest BCUT2D eigenvalue weighted by atomic mass is 9.97. The summed E-state index contributed by atoms with van der Waals surface area (Å²) in [5, 5.41) is 3.29. The molecule has 2 atom stereocenters. The van der Waals surface area contributed by atoms with Crippen molar-refractivity contribution in [2.24, 2.45) is 5.92 Å². The van der Waals surface area contributed by atoms with Crippen molar-refractivity contribution in [3.63, 3.8) is 0 Å². The molecule has 0 saturated carbocycles. The van der Waals surface area contributed by atoms with Crippen molar-refractivity contribution in [3.05, 3.63) is 42.2 Å². The molecule has 1 N–H and O–H groups in total. The first-order chi connectivity index (χ1) is 8.18. The van der Waals surface area contributed by atoms with Crippen LogP contribution in [0.3, 0.4) is 0 Å². The highest BCUT2D eigenvalue weighted by Crippen LogP contribution is 2.23. The van der Waals surface area contributed by atoms with E-state index in [4.69, 9.17) is 4.74 Å². The minimum Gasteiger partial charge on any atom is -0.478 e. The van der Waals surface area contributed by atoms with Crippen LogP contribution in [0.2, 0.25) is 0 Å². The molecule has 3 heteroatoms. The van der Waals surface area contributed by atoms with E-state index < -0.39 is 0 Å². The van der Waals surface area contributed by atoms with E-state index in [9.17, 15) is 4.79 Å². The first-order valence-corrected chi connectivity index (χ1v) is 5.81. The lowest BCUT2D eigenvalue weighted by Crippen LogP contribution is -2.36. The highest BCUT2D eigenvalue weighted by atomic mass is 16.5. The molecule has 0 bridgehead atoms. The van der Waals surface area contributed by atoms with Crippen molar-refractivity contribution in [1.29, 1.82) is 0 Å². The van der Waals surface area contributed by atoms with Gasteiger partial charge in [0.2, 0.25) is 0 Å². The number of para-hydroxylation sites is 1. The maximum Gasteiger partial charge on any atom is 0.179 e. The van der Waals surface area contributed by atoms with E-state index in [1.807, 2.05) is 37.3 Å². The maximum absolute atomic E-state index is 11.5. The molecule has 0 saturated heterocycles. The molecule has 0 radical (unpaired) electrons. The van der Waals surface area contributed by atoms with Crippen LogP contribution in [0.1, 0.15) is 18.9 Å². The van der Waals surface area contributed by atoms with Gasteiger partial charge in [-0.15, -0.1) is 0 Å². The number of aryl methyl sites for hydroxylation is 1. The van der Waals surface area contributed by atoms with Gasteiger partial charge in [0.1, 0.15) is 5.78 Å². The summed E-state index contributed by atoms with van der Waals surface area (Å²) >= 11 is 0. The Bertz CT molecular complexity index is 440. The number of anilines is 1. The molecule has 17 heavy (non-hydrogen) atoms. The number of benzene rings is 1. The van der Waals surface area contributed by atoms with Crippen LogP contribution in [0, 0.1) is 12.8 Å². The van der Waals surface area contributed by atoms with Gasteiger partial charge in [0.05, 0.1) is 12.2 Å². The first-order valence-electron chi connectivity index (χ1n) is 5.81. The third kappa shape index (κ3) is 2.67. The Hall–Kier alpha value is -1.77. The number of allylic oxidation sites excluding steroid dienone is 1. The number of hydrogen-bond donors (Lipinski definition) is 1. The smallest absolute Gasteiger partial charge is 0.179 e. The Kier molecular flexibility index (Phi) is 3.47. The predicted octanol–water partition coefficient (Wildman–Crippen LogP) is 2.87. The predicted molar refractivity (Wildman–Crippen MR) is 67.6 cm³/mol. The molecule has 0 fully saturated rings. The largest absolute Gasteiger partial charge is 0.478 e. The van der Waals surface area contributed by atoms with E-state index in [1.54, 1.807) is 13.2 Å². The summed E-state index contributed by atoms with van der Waals surface area (Å²) < 4.78 is 5.50. The summed E-state index contributed by atoms with van der Waals surface area (Å²) in [5.41, 5.74) is 2.16. The molecule has 2 rings (SSSR count). The third-order valence-electron chi connectivity index (χ3n) is 3.04. The number of ether oxygens (including phenoxy) is 1. The third-order valence-corrected chi connectivity index (χ3v) is 3.04. The number of ketones is 1. The summed E-state index contributed by atoms with van der Waals surface area (Å²) in [7, 11) is 0. The Labute approximate surface area is 101 Å². The zero-order valence-electron chi connectivity index (χ0n) is 10.1. The summed E-state index contributed by atoms with van der Waals surface area (Å²) in [6, 6.07) is 7.99. The molecule has 0 aromatic heterocycles. The van der Waals surface area contributed by atoms with E-state index in [0.29, 0.717) is 0 Å². The van der Waals surface area contributed by atoms with Gasteiger partial charge in [-0.05, 0) is 38.0 Å². The van der Waals surface area contributed by atoms with Crippen molar-refractivity contribution in [2.45, 2.75) is 26.5 Å². The Morgan fingerprint density at radius 3 is 2.88 bits per heavy atom. The summed E-state index contributed by atoms with van der Waals surface area (Å²) in [5.74, 6) is 0.0417. The van der Waals surface area contributed by atoms with Crippen LogP contribution >= 0.6 is 0 Å². The van der Waals surface area contributed by atoms with Gasteiger partial charge in [-0.3, -0.25) is 4.79 Å². The topological polar surface area (TPSA) is 38.3 Å². The van der Waals surface area contributed by atoms with Crippen LogP contribution in [-0.2, 0) is 9.53 Å². The van der Waals surface area contributed by atoms with E-state index in [1.165, 1.54) is 0 Å². The monoisotopic (exact) mass is 231 g/mol. The molecule has 1 aliphatic rings. The van der Waals surface area contributed by atoms with Gasteiger partial charge in [-0.1, -0.05) is 18.2 Å². The summed E-state index contributed by atoms with van der Waals surface area (Å²) in [6.45, 7) is 3.64. The van der Waals surface area contributed by atoms with E-state index in [2.05, 4.69) is 5.32 Å². The number of carbonyl (C=O) groups excluding carboxylic acids is 1. The normalized spacial score (nSPS) is 22.9. The molecule has 0 aliphatic carbocycles. The Balaban J connectivity index is 2.14. The number of Topliss-reactive ketones (excluding diaryl/α,β-unsaturated/α-hetero) is 1. The van der Waals surface area contributed by atoms with Crippen LogP contribution in [0.4, 0.5) is 5.69 Å². The molecule has 0 spiro atoms. The Morgan fingerprint density at radius 1 is 1.41 bits per heavy atom. The van der Waals surface area contributed by atoms with Crippen molar-refractivity contribution in [3.8, 4) is 0 Å². The van der Waals surface area contributed by atoms with Crippen molar-refractivity contribution >= 4 is 11.5 Å². The minimum absolute atomic E-state index is 0.111.